The van der Waals surface area contributed by atoms with Crippen LogP contribution in [0.1, 0.15) is 26.8 Å². The maximum Gasteiger partial charge on any atom is 0.261 e. The Kier molecular flexibility index (Phi) is 3.06. The molecule has 1 amide bonds. The Morgan fingerprint density at radius 2 is 2.10 bits per heavy atom. The molecule has 0 saturated heterocycles. The van der Waals surface area contributed by atoms with Crippen molar-refractivity contribution >= 4 is 38.0 Å². The second-order valence-corrected chi connectivity index (χ2v) is 7.21. The molecule has 2 aromatic heterocycles. The quantitative estimate of drug-likeness (QED) is 0.762. The monoisotopic (exact) mass is 315 g/mol. The summed E-state index contributed by atoms with van der Waals surface area (Å²) in [5.74, 6) is -0.107. The molecule has 1 aliphatic carbocycles. The van der Waals surface area contributed by atoms with Gasteiger partial charge in [0.25, 0.3) is 5.91 Å². The highest BCUT2D eigenvalue weighted by Gasteiger charge is 2.32. The molecule has 0 unspecified atom stereocenters. The number of aliphatic hydroxyl groups is 1. The topological polar surface area (TPSA) is 49.3 Å². The molecular formula is C16H13NO2S2. The molecule has 3 aromatic rings. The van der Waals surface area contributed by atoms with Gasteiger partial charge in [-0.25, -0.2) is 0 Å². The van der Waals surface area contributed by atoms with E-state index in [0.29, 0.717) is 11.3 Å². The zero-order valence-corrected chi connectivity index (χ0v) is 12.7. The number of hydrogen-bond acceptors (Lipinski definition) is 4. The largest absolute Gasteiger partial charge is 0.390 e. The lowest BCUT2D eigenvalue weighted by Crippen LogP contribution is -2.33. The van der Waals surface area contributed by atoms with E-state index < -0.39 is 6.10 Å². The van der Waals surface area contributed by atoms with Crippen LogP contribution in [0.15, 0.2) is 41.8 Å². The predicted molar refractivity (Wildman–Crippen MR) is 86.1 cm³/mol. The van der Waals surface area contributed by atoms with Crippen LogP contribution in [-0.4, -0.2) is 17.1 Å². The van der Waals surface area contributed by atoms with E-state index >= 15 is 0 Å². The molecule has 2 heterocycles. The van der Waals surface area contributed by atoms with Crippen LogP contribution in [0, 0.1) is 0 Å². The highest BCUT2D eigenvalue weighted by molar-refractivity contribution is 7.27. The number of fused-ring (bicyclic) bond motifs is 2. The number of hydrogen-bond donors (Lipinski definition) is 2. The van der Waals surface area contributed by atoms with Crippen molar-refractivity contribution in [1.82, 2.24) is 5.32 Å². The van der Waals surface area contributed by atoms with Crippen molar-refractivity contribution in [2.75, 3.05) is 0 Å². The maximum absolute atomic E-state index is 12.4. The van der Waals surface area contributed by atoms with Crippen LogP contribution < -0.4 is 5.32 Å². The van der Waals surface area contributed by atoms with E-state index in [4.69, 9.17) is 0 Å². The first-order chi connectivity index (χ1) is 10.2. The van der Waals surface area contributed by atoms with E-state index in [-0.39, 0.29) is 11.9 Å². The minimum atomic E-state index is -0.549. The summed E-state index contributed by atoms with van der Waals surface area (Å²) in [5.41, 5.74) is 2.14. The number of benzene rings is 1. The average molecular weight is 315 g/mol. The van der Waals surface area contributed by atoms with E-state index in [1.165, 1.54) is 11.3 Å². The van der Waals surface area contributed by atoms with Gasteiger partial charge in [-0.1, -0.05) is 24.3 Å². The fraction of sp³-hybridized carbons (Fsp3) is 0.188. The molecule has 106 valence electrons. The first kappa shape index (κ1) is 13.0. The van der Waals surface area contributed by atoms with E-state index in [0.717, 1.165) is 20.5 Å². The summed E-state index contributed by atoms with van der Waals surface area (Å²) in [6.07, 6.45) is 0.0492. The molecule has 4 rings (SSSR count). The molecule has 2 N–H and O–H groups in total. The summed E-state index contributed by atoms with van der Waals surface area (Å²) < 4.78 is 2.27. The first-order valence-corrected chi connectivity index (χ1v) is 8.46. The van der Waals surface area contributed by atoms with E-state index in [1.54, 1.807) is 11.3 Å². The summed E-state index contributed by atoms with van der Waals surface area (Å²) in [6.45, 7) is 0. The Morgan fingerprint density at radius 3 is 2.95 bits per heavy atom. The highest BCUT2D eigenvalue weighted by atomic mass is 32.1. The summed E-state index contributed by atoms with van der Waals surface area (Å²) in [5, 5.41) is 15.2. The molecule has 0 fully saturated rings. The first-order valence-electron chi connectivity index (χ1n) is 6.76. The van der Waals surface area contributed by atoms with Crippen molar-refractivity contribution in [3.63, 3.8) is 0 Å². The van der Waals surface area contributed by atoms with Crippen molar-refractivity contribution in [3.8, 4) is 0 Å². The van der Waals surface area contributed by atoms with Crippen LogP contribution in [0.2, 0.25) is 0 Å². The molecule has 0 saturated carbocycles. The standard InChI is InChI=1S/C16H13NO2S2/c18-11-7-9-3-1-2-4-10(9)15(11)17-16(19)14-8-13-12(21-14)5-6-20-13/h1-6,8,11,15,18H,7H2,(H,17,19)/t11-,15+/m0/s1. The third-order valence-corrected chi connectivity index (χ3v) is 5.95. The number of carbonyl (C=O) groups excluding carboxylic acids is 1. The number of amides is 1. The van der Waals surface area contributed by atoms with Gasteiger partial charge in [-0.2, -0.15) is 0 Å². The number of carbonyl (C=O) groups is 1. The molecule has 2 atom stereocenters. The maximum atomic E-state index is 12.4. The van der Waals surface area contributed by atoms with Crippen LogP contribution in [0.3, 0.4) is 0 Å². The van der Waals surface area contributed by atoms with Crippen LogP contribution in [0.4, 0.5) is 0 Å². The zero-order chi connectivity index (χ0) is 14.4. The van der Waals surface area contributed by atoms with E-state index in [2.05, 4.69) is 5.32 Å². The minimum Gasteiger partial charge on any atom is -0.390 e. The second kappa shape index (κ2) is 4.94. The number of rotatable bonds is 2. The van der Waals surface area contributed by atoms with Crippen molar-refractivity contribution < 1.29 is 9.90 Å². The molecule has 0 bridgehead atoms. The number of aliphatic hydroxyl groups excluding tert-OH is 1. The van der Waals surface area contributed by atoms with Crippen molar-refractivity contribution in [2.45, 2.75) is 18.6 Å². The van der Waals surface area contributed by atoms with Crippen molar-refractivity contribution in [3.05, 3.63) is 57.8 Å². The molecule has 1 aromatic carbocycles. The summed E-state index contributed by atoms with van der Waals surface area (Å²) in [4.78, 5) is 13.1. The van der Waals surface area contributed by atoms with Gasteiger partial charge in [-0.05, 0) is 28.6 Å². The van der Waals surface area contributed by atoms with Gasteiger partial charge in [-0.15, -0.1) is 22.7 Å². The fourth-order valence-electron chi connectivity index (χ4n) is 2.84. The second-order valence-electron chi connectivity index (χ2n) is 5.18. The van der Waals surface area contributed by atoms with E-state index in [1.807, 2.05) is 41.8 Å². The smallest absolute Gasteiger partial charge is 0.261 e. The molecule has 3 nitrogen and oxygen atoms in total. The lowest BCUT2D eigenvalue weighted by Gasteiger charge is -2.17. The Balaban J connectivity index is 1.61. The Morgan fingerprint density at radius 1 is 1.24 bits per heavy atom. The Hall–Kier alpha value is -1.69. The summed E-state index contributed by atoms with van der Waals surface area (Å²) in [7, 11) is 0. The average Bonchev–Trinajstić information content (AvgIpc) is 3.12. The zero-order valence-electron chi connectivity index (χ0n) is 11.1. The third kappa shape index (κ3) is 2.18. The third-order valence-electron chi connectivity index (χ3n) is 3.85. The van der Waals surface area contributed by atoms with Gasteiger partial charge in [0, 0.05) is 15.8 Å². The lowest BCUT2D eigenvalue weighted by atomic mass is 10.1. The van der Waals surface area contributed by atoms with Crippen molar-refractivity contribution in [2.24, 2.45) is 0 Å². The molecule has 0 aliphatic heterocycles. The fourth-order valence-corrected chi connectivity index (χ4v) is 4.85. The van der Waals surface area contributed by atoms with Gasteiger partial charge < -0.3 is 10.4 Å². The van der Waals surface area contributed by atoms with Gasteiger partial charge in [-0.3, -0.25) is 4.79 Å². The normalized spacial score (nSPS) is 20.6. The summed E-state index contributed by atoms with van der Waals surface area (Å²) in [6, 6.07) is 11.5. The molecule has 0 radical (unpaired) electrons. The molecule has 1 aliphatic rings. The van der Waals surface area contributed by atoms with Crippen LogP contribution in [-0.2, 0) is 6.42 Å². The van der Waals surface area contributed by atoms with Gasteiger partial charge in [0.1, 0.15) is 0 Å². The van der Waals surface area contributed by atoms with Gasteiger partial charge >= 0.3 is 0 Å². The Bertz CT molecular complexity index is 792. The van der Waals surface area contributed by atoms with Gasteiger partial charge in [0.05, 0.1) is 17.0 Å². The molecule has 21 heavy (non-hydrogen) atoms. The summed E-state index contributed by atoms with van der Waals surface area (Å²) >= 11 is 3.13. The van der Waals surface area contributed by atoms with E-state index in [9.17, 15) is 9.90 Å². The SMILES string of the molecule is O=C(N[C@@H]1c2ccccc2C[C@@H]1O)c1cc2sccc2s1. The van der Waals surface area contributed by atoms with Crippen LogP contribution in [0.25, 0.3) is 9.40 Å². The molecule has 0 spiro atoms. The highest BCUT2D eigenvalue weighted by Crippen LogP contribution is 2.33. The number of thiophene rings is 2. The minimum absolute atomic E-state index is 0.107. The van der Waals surface area contributed by atoms with Crippen LogP contribution in [0.5, 0.6) is 0 Å². The number of nitrogens with one attached hydrogen (secondary N) is 1. The molecule has 5 heteroatoms. The molecular weight excluding hydrogens is 302 g/mol. The van der Waals surface area contributed by atoms with Crippen molar-refractivity contribution in [1.29, 1.82) is 0 Å². The predicted octanol–water partition coefficient (Wildman–Crippen LogP) is 3.35. The van der Waals surface area contributed by atoms with Gasteiger partial charge in [0.15, 0.2) is 0 Å². The lowest BCUT2D eigenvalue weighted by molar-refractivity contribution is 0.0862. The Labute approximate surface area is 129 Å². The van der Waals surface area contributed by atoms with Crippen LogP contribution >= 0.6 is 22.7 Å². The van der Waals surface area contributed by atoms with Gasteiger partial charge in [0.2, 0.25) is 0 Å².